The Hall–Kier alpha value is -2.05. The third-order valence-corrected chi connectivity index (χ3v) is 3.57. The van der Waals surface area contributed by atoms with Gasteiger partial charge in [0.1, 0.15) is 5.52 Å². The van der Waals surface area contributed by atoms with Gasteiger partial charge in [-0.15, -0.1) is 0 Å². The van der Waals surface area contributed by atoms with E-state index in [1.165, 1.54) is 11.9 Å². The SMILES string of the molecule is Cc1cc(SN)ccc1-c1ccc2[nH]nc(N)c2n1. The summed E-state index contributed by atoms with van der Waals surface area (Å²) in [6, 6.07) is 9.95. The molecule has 3 aromatic rings. The van der Waals surface area contributed by atoms with E-state index in [4.69, 9.17) is 10.9 Å². The highest BCUT2D eigenvalue weighted by atomic mass is 32.2. The van der Waals surface area contributed by atoms with Crippen molar-refractivity contribution in [1.82, 2.24) is 15.2 Å². The Morgan fingerprint density at radius 3 is 2.79 bits per heavy atom. The molecule has 2 heterocycles. The molecule has 19 heavy (non-hydrogen) atoms. The maximum absolute atomic E-state index is 5.78. The van der Waals surface area contributed by atoms with Crippen molar-refractivity contribution in [3.05, 3.63) is 35.9 Å². The van der Waals surface area contributed by atoms with Crippen LogP contribution in [0.5, 0.6) is 0 Å². The molecule has 0 spiro atoms. The zero-order valence-electron chi connectivity index (χ0n) is 10.3. The van der Waals surface area contributed by atoms with E-state index in [0.29, 0.717) is 11.3 Å². The van der Waals surface area contributed by atoms with Crippen molar-refractivity contribution >= 4 is 28.8 Å². The van der Waals surface area contributed by atoms with E-state index < -0.39 is 0 Å². The van der Waals surface area contributed by atoms with Gasteiger partial charge in [-0.2, -0.15) is 5.10 Å². The number of nitrogens with zero attached hydrogens (tertiary/aromatic N) is 2. The molecule has 0 saturated heterocycles. The number of aryl methyl sites for hydroxylation is 1. The number of nitrogens with one attached hydrogen (secondary N) is 1. The van der Waals surface area contributed by atoms with Crippen LogP contribution in [0.4, 0.5) is 5.82 Å². The van der Waals surface area contributed by atoms with Crippen LogP contribution < -0.4 is 10.9 Å². The predicted molar refractivity (Wildman–Crippen MR) is 78.5 cm³/mol. The molecule has 3 rings (SSSR count). The lowest BCUT2D eigenvalue weighted by atomic mass is 10.1. The van der Waals surface area contributed by atoms with Gasteiger partial charge in [0.25, 0.3) is 0 Å². The van der Waals surface area contributed by atoms with E-state index in [1.807, 2.05) is 37.3 Å². The zero-order chi connectivity index (χ0) is 13.4. The summed E-state index contributed by atoms with van der Waals surface area (Å²) < 4.78 is 0. The highest BCUT2D eigenvalue weighted by Gasteiger charge is 2.08. The highest BCUT2D eigenvalue weighted by Crippen LogP contribution is 2.27. The second-order valence-electron chi connectivity index (χ2n) is 4.30. The Bertz CT molecular complexity index is 750. The Kier molecular flexibility index (Phi) is 2.88. The van der Waals surface area contributed by atoms with Crippen molar-refractivity contribution in [3.63, 3.8) is 0 Å². The number of aromatic amines is 1. The summed E-state index contributed by atoms with van der Waals surface area (Å²) in [6.07, 6.45) is 0. The minimum absolute atomic E-state index is 0.420. The van der Waals surface area contributed by atoms with Gasteiger partial charge < -0.3 is 5.73 Å². The molecule has 0 amide bonds. The van der Waals surface area contributed by atoms with Crippen LogP contribution in [0.3, 0.4) is 0 Å². The minimum Gasteiger partial charge on any atom is -0.380 e. The van der Waals surface area contributed by atoms with Gasteiger partial charge in [0.2, 0.25) is 0 Å². The first-order chi connectivity index (χ1) is 9.19. The summed E-state index contributed by atoms with van der Waals surface area (Å²) in [5.74, 6) is 0.420. The molecule has 5 nitrogen and oxygen atoms in total. The van der Waals surface area contributed by atoms with Crippen LogP contribution in [0.25, 0.3) is 22.3 Å². The molecule has 0 fully saturated rings. The lowest BCUT2D eigenvalue weighted by molar-refractivity contribution is 1.13. The largest absolute Gasteiger partial charge is 0.380 e. The van der Waals surface area contributed by atoms with Gasteiger partial charge in [-0.1, -0.05) is 6.07 Å². The lowest BCUT2D eigenvalue weighted by Crippen LogP contribution is -1.91. The monoisotopic (exact) mass is 271 g/mol. The van der Waals surface area contributed by atoms with Gasteiger partial charge in [0, 0.05) is 10.5 Å². The Morgan fingerprint density at radius 1 is 1.21 bits per heavy atom. The number of fused-ring (bicyclic) bond motifs is 1. The number of H-pyrrole nitrogens is 1. The first-order valence-electron chi connectivity index (χ1n) is 5.77. The topological polar surface area (TPSA) is 93.6 Å². The lowest BCUT2D eigenvalue weighted by Gasteiger charge is -2.07. The van der Waals surface area contributed by atoms with Gasteiger partial charge in [0.15, 0.2) is 5.82 Å². The second-order valence-corrected chi connectivity index (χ2v) is 5.00. The van der Waals surface area contributed by atoms with Gasteiger partial charge >= 0.3 is 0 Å². The normalized spacial score (nSPS) is 11.1. The maximum Gasteiger partial charge on any atom is 0.171 e. The van der Waals surface area contributed by atoms with Crippen LogP contribution in [-0.4, -0.2) is 15.2 Å². The second kappa shape index (κ2) is 4.56. The van der Waals surface area contributed by atoms with Gasteiger partial charge in [-0.25, -0.2) is 4.98 Å². The van der Waals surface area contributed by atoms with Crippen LogP contribution in [0.15, 0.2) is 35.2 Å². The van der Waals surface area contributed by atoms with Crippen LogP contribution in [-0.2, 0) is 0 Å². The fourth-order valence-corrected chi connectivity index (χ4v) is 2.46. The number of rotatable bonds is 2. The van der Waals surface area contributed by atoms with Crippen LogP contribution in [0, 0.1) is 6.92 Å². The summed E-state index contributed by atoms with van der Waals surface area (Å²) >= 11 is 1.24. The number of benzene rings is 1. The average Bonchev–Trinajstić information content (AvgIpc) is 2.80. The molecule has 0 aliphatic rings. The Morgan fingerprint density at radius 2 is 2.05 bits per heavy atom. The molecular weight excluding hydrogens is 258 g/mol. The van der Waals surface area contributed by atoms with E-state index in [-0.39, 0.29) is 0 Å². The number of nitrogens with two attached hydrogens (primary N) is 2. The summed E-state index contributed by atoms with van der Waals surface area (Å²) in [4.78, 5) is 5.60. The smallest absolute Gasteiger partial charge is 0.171 e. The van der Waals surface area contributed by atoms with Gasteiger partial charge in [0.05, 0.1) is 11.2 Å². The molecule has 1 aromatic carbocycles. The molecule has 0 atom stereocenters. The van der Waals surface area contributed by atoms with Crippen molar-refractivity contribution in [2.24, 2.45) is 5.14 Å². The number of pyridine rings is 1. The molecule has 5 N–H and O–H groups in total. The first-order valence-corrected chi connectivity index (χ1v) is 6.65. The van der Waals surface area contributed by atoms with Crippen molar-refractivity contribution in [2.45, 2.75) is 11.8 Å². The van der Waals surface area contributed by atoms with Crippen LogP contribution in [0.2, 0.25) is 0 Å². The van der Waals surface area contributed by atoms with Crippen molar-refractivity contribution < 1.29 is 0 Å². The Balaban J connectivity index is 2.15. The number of nitrogen functional groups attached to an aromatic ring is 1. The summed E-state index contributed by atoms with van der Waals surface area (Å²) in [5, 5.41) is 12.4. The van der Waals surface area contributed by atoms with E-state index in [2.05, 4.69) is 15.2 Å². The van der Waals surface area contributed by atoms with E-state index >= 15 is 0 Å². The summed E-state index contributed by atoms with van der Waals surface area (Å²) in [5.41, 5.74) is 10.4. The first kappa shape index (κ1) is 12.0. The predicted octanol–water partition coefficient (Wildman–Crippen LogP) is 2.48. The van der Waals surface area contributed by atoms with Crippen LogP contribution >= 0.6 is 11.9 Å². The van der Waals surface area contributed by atoms with Gasteiger partial charge in [-0.05, 0) is 48.7 Å². The van der Waals surface area contributed by atoms with Crippen molar-refractivity contribution in [2.75, 3.05) is 5.73 Å². The molecule has 0 saturated carbocycles. The fourth-order valence-electron chi connectivity index (χ4n) is 2.06. The number of aromatic nitrogens is 3. The molecule has 2 aromatic heterocycles. The fraction of sp³-hybridized carbons (Fsp3) is 0.0769. The molecule has 96 valence electrons. The van der Waals surface area contributed by atoms with Crippen molar-refractivity contribution in [3.8, 4) is 11.3 Å². The molecule has 0 aliphatic carbocycles. The third kappa shape index (κ3) is 2.05. The summed E-state index contributed by atoms with van der Waals surface area (Å²) in [7, 11) is 0. The quantitative estimate of drug-likeness (QED) is 0.622. The molecule has 6 heteroatoms. The molecule has 0 bridgehead atoms. The average molecular weight is 271 g/mol. The summed E-state index contributed by atoms with van der Waals surface area (Å²) in [6.45, 7) is 2.04. The number of anilines is 1. The number of hydrogen-bond donors (Lipinski definition) is 3. The standard InChI is InChI=1S/C13H13N5S/c1-7-6-8(19-15)2-3-9(7)10-4-5-11-12(16-10)13(14)18-17-11/h2-6H,15H2,1H3,(H3,14,17,18). The van der Waals surface area contributed by atoms with E-state index in [9.17, 15) is 0 Å². The van der Waals surface area contributed by atoms with Gasteiger partial charge in [-0.3, -0.25) is 10.2 Å². The van der Waals surface area contributed by atoms with E-state index in [1.54, 1.807) is 0 Å². The molecular formula is C13H13N5S. The Labute approximate surface area is 114 Å². The highest BCUT2D eigenvalue weighted by molar-refractivity contribution is 7.97. The van der Waals surface area contributed by atoms with E-state index in [0.717, 1.165) is 27.2 Å². The number of hydrogen-bond acceptors (Lipinski definition) is 5. The molecule has 0 unspecified atom stereocenters. The zero-order valence-corrected chi connectivity index (χ0v) is 11.2. The molecule has 0 radical (unpaired) electrons. The third-order valence-electron chi connectivity index (χ3n) is 3.04. The maximum atomic E-state index is 5.78. The molecule has 0 aliphatic heterocycles. The van der Waals surface area contributed by atoms with Crippen molar-refractivity contribution in [1.29, 1.82) is 0 Å². The van der Waals surface area contributed by atoms with Crippen LogP contribution in [0.1, 0.15) is 5.56 Å². The minimum atomic E-state index is 0.420.